The Labute approximate surface area is 327 Å². The molecule has 6 N–H and O–H groups in total. The van der Waals surface area contributed by atoms with Crippen LogP contribution in [0.2, 0.25) is 0 Å². The Kier molecular flexibility index (Phi) is 9.23. The Morgan fingerprint density at radius 2 is 1.54 bits per heavy atom. The summed E-state index contributed by atoms with van der Waals surface area (Å²) in [4.78, 5) is 13.3. The number of allylic oxidation sites excluding steroid dienone is 2. The Bertz CT molecular complexity index is 1810. The summed E-state index contributed by atoms with van der Waals surface area (Å²) in [6.07, 6.45) is 5.81. The highest BCUT2D eigenvalue weighted by Crippen LogP contribution is 2.76. The summed E-state index contributed by atoms with van der Waals surface area (Å²) < 4.78 is 63.5. The molecular formula is C44H61F4NO7. The Balaban J connectivity index is 1.09. The van der Waals surface area contributed by atoms with Crippen LogP contribution in [0.5, 0.6) is 0 Å². The number of carbonyl (C=O) groups excluding carboxylic acids is 1. The molecule has 7 aliphatic rings. The summed E-state index contributed by atoms with van der Waals surface area (Å²) in [6, 6.07) is -0.374. The Morgan fingerprint density at radius 3 is 2.18 bits per heavy atom. The van der Waals surface area contributed by atoms with Crippen molar-refractivity contribution in [1.29, 1.82) is 0 Å². The number of amides is 1. The fourth-order valence-corrected chi connectivity index (χ4v) is 14.9. The summed E-state index contributed by atoms with van der Waals surface area (Å²) >= 11 is 0. The van der Waals surface area contributed by atoms with Gasteiger partial charge in [-0.05, 0) is 109 Å². The summed E-state index contributed by atoms with van der Waals surface area (Å²) in [5.74, 6) is -11.3. The highest BCUT2D eigenvalue weighted by atomic mass is 19.2. The lowest BCUT2D eigenvalue weighted by atomic mass is 9.33. The first-order chi connectivity index (χ1) is 25.9. The number of nitrogens with one attached hydrogen (secondary N) is 1. The number of aliphatic hydroxyl groups excluding tert-OH is 4. The van der Waals surface area contributed by atoms with E-state index < -0.39 is 100 Å². The summed E-state index contributed by atoms with van der Waals surface area (Å²) in [5.41, 5.74) is -1.41. The number of rotatable bonds is 5. The van der Waals surface area contributed by atoms with E-state index in [2.05, 4.69) is 59.9 Å². The minimum atomic E-state index is -1.90. The van der Waals surface area contributed by atoms with E-state index in [1.54, 1.807) is 0 Å². The van der Waals surface area contributed by atoms with E-state index in [9.17, 15) is 47.9 Å². The second kappa shape index (κ2) is 12.7. The Hall–Kier alpha value is -2.09. The third kappa shape index (κ3) is 5.13. The zero-order valence-electron chi connectivity index (χ0n) is 33.8. The largest absolute Gasteiger partial charge is 0.396 e. The molecule has 8 nitrogen and oxygen atoms in total. The van der Waals surface area contributed by atoms with Crippen LogP contribution in [-0.2, 0) is 4.74 Å². The molecule has 6 fully saturated rings. The van der Waals surface area contributed by atoms with Gasteiger partial charge < -0.3 is 35.6 Å². The molecule has 1 amide bonds. The van der Waals surface area contributed by atoms with E-state index in [4.69, 9.17) is 4.74 Å². The predicted molar refractivity (Wildman–Crippen MR) is 198 cm³/mol. The normalized spacial score (nSPS) is 47.9. The molecule has 0 aromatic heterocycles. The van der Waals surface area contributed by atoms with E-state index in [1.807, 2.05) is 0 Å². The number of fused-ring (bicyclic) bond motifs is 8. The number of carbonyl (C=O) groups is 1. The average molecular weight is 792 g/mol. The number of hydrogen-bond donors (Lipinski definition) is 6. The smallest absolute Gasteiger partial charge is 0.257 e. The minimum Gasteiger partial charge on any atom is -0.396 e. The fraction of sp³-hybridized carbons (Fsp3) is 0.795. The highest BCUT2D eigenvalue weighted by Gasteiger charge is 2.75. The topological polar surface area (TPSA) is 139 Å². The van der Waals surface area contributed by atoms with Crippen LogP contribution in [0.1, 0.15) is 123 Å². The summed E-state index contributed by atoms with van der Waals surface area (Å²) in [6.45, 7) is 15.4. The van der Waals surface area contributed by atoms with Gasteiger partial charge in [-0.3, -0.25) is 4.79 Å². The van der Waals surface area contributed by atoms with Crippen LogP contribution in [0.4, 0.5) is 17.6 Å². The maximum Gasteiger partial charge on any atom is 0.257 e. The standard InChI is InChI=1S/C44H61F4NO7/c1-38(2)14-16-43(36(53)35-30-34(52)33(51)23(20-50)44(30,55)56-35)17-15-41(6)21(22(43)19-38)8-9-27-40(5)12-11-28(39(3,4)26(40)10-13-42(27,41)7)49-37(54)29-31(47)24(45)18-25(46)32(29)48/h8,18,22-23,26-28,30,33-36,50-53,55H,9-17,19-20H2,1-7H3,(H,49,54)/t22?,23?,26?,27?,28-,30?,33-,34?,35-,36+,40-,41+,42+,43-,44?/m0/s1. The molecule has 7 unspecified atom stereocenters. The first-order valence-corrected chi connectivity index (χ1v) is 20.8. The number of aliphatic hydroxyl groups is 5. The molecule has 312 valence electrons. The van der Waals surface area contributed by atoms with Gasteiger partial charge in [0.15, 0.2) is 29.1 Å². The molecule has 1 heterocycles. The molecule has 5 saturated carbocycles. The van der Waals surface area contributed by atoms with Gasteiger partial charge in [-0.1, -0.05) is 60.1 Å². The van der Waals surface area contributed by atoms with E-state index in [1.165, 1.54) is 5.57 Å². The van der Waals surface area contributed by atoms with Crippen LogP contribution in [0, 0.1) is 85.3 Å². The first-order valence-electron chi connectivity index (χ1n) is 20.8. The second-order valence-corrected chi connectivity index (χ2v) is 21.3. The lowest BCUT2D eigenvalue weighted by molar-refractivity contribution is -0.404. The van der Waals surface area contributed by atoms with Crippen LogP contribution in [0.15, 0.2) is 17.7 Å². The third-order valence-electron chi connectivity index (χ3n) is 18.3. The van der Waals surface area contributed by atoms with Crippen molar-refractivity contribution >= 4 is 5.91 Å². The monoisotopic (exact) mass is 791 g/mol. The molecule has 15 atom stereocenters. The molecule has 1 aliphatic heterocycles. The first kappa shape index (κ1) is 40.7. The number of ether oxygens (including phenoxy) is 1. The van der Waals surface area contributed by atoms with Gasteiger partial charge in [0.1, 0.15) is 5.56 Å². The van der Waals surface area contributed by atoms with E-state index in [0.717, 1.165) is 57.8 Å². The lowest BCUT2D eigenvalue weighted by Crippen LogP contribution is -2.71. The predicted octanol–water partition coefficient (Wildman–Crippen LogP) is 6.55. The minimum absolute atomic E-state index is 0.0105. The molecule has 0 radical (unpaired) electrons. The van der Waals surface area contributed by atoms with Gasteiger partial charge in [0, 0.05) is 17.5 Å². The van der Waals surface area contributed by atoms with Crippen molar-refractivity contribution in [3.63, 3.8) is 0 Å². The van der Waals surface area contributed by atoms with Crippen molar-refractivity contribution < 1.29 is 52.6 Å². The third-order valence-corrected chi connectivity index (χ3v) is 18.3. The van der Waals surface area contributed by atoms with Crippen molar-refractivity contribution in [2.24, 2.45) is 62.1 Å². The van der Waals surface area contributed by atoms with Crippen LogP contribution < -0.4 is 5.32 Å². The van der Waals surface area contributed by atoms with Crippen molar-refractivity contribution in [1.82, 2.24) is 5.32 Å². The SMILES string of the molecule is CC1(C)CC[C@]2([C@H](O)[C@H]3OC4(O)C(CO)[C@H](O)C(O)C34)CC[C@]3(C)C(=CCC4[C@@]5(C)CC[C@H](NC(=O)c6c(F)c(F)cc(F)c6F)C(C)(C)C5CC[C@]43C)C2C1. The maximum atomic E-state index is 14.7. The van der Waals surface area contributed by atoms with Crippen LogP contribution in [0.3, 0.4) is 0 Å². The molecule has 6 aliphatic carbocycles. The van der Waals surface area contributed by atoms with Gasteiger partial charge >= 0.3 is 0 Å². The number of hydrogen-bond acceptors (Lipinski definition) is 7. The van der Waals surface area contributed by atoms with Gasteiger partial charge in [-0.25, -0.2) is 17.6 Å². The highest BCUT2D eigenvalue weighted by molar-refractivity contribution is 5.95. The van der Waals surface area contributed by atoms with Crippen LogP contribution >= 0.6 is 0 Å². The quantitative estimate of drug-likeness (QED) is 0.113. The number of benzene rings is 1. The van der Waals surface area contributed by atoms with Gasteiger partial charge in [0.05, 0.1) is 42.9 Å². The van der Waals surface area contributed by atoms with Crippen molar-refractivity contribution in [3.8, 4) is 0 Å². The number of halogens is 4. The molecule has 1 aromatic carbocycles. The average Bonchev–Trinajstić information content (AvgIpc) is 3.24. The summed E-state index contributed by atoms with van der Waals surface area (Å²) in [5, 5.41) is 58.3. The molecule has 56 heavy (non-hydrogen) atoms. The van der Waals surface area contributed by atoms with Crippen LogP contribution in [0.25, 0.3) is 0 Å². The second-order valence-electron chi connectivity index (χ2n) is 21.3. The van der Waals surface area contributed by atoms with Gasteiger partial charge in [-0.2, -0.15) is 0 Å². The maximum absolute atomic E-state index is 14.7. The molecule has 1 aromatic rings. The molecule has 8 rings (SSSR count). The van der Waals surface area contributed by atoms with Gasteiger partial charge in [0.2, 0.25) is 0 Å². The van der Waals surface area contributed by atoms with E-state index in [0.29, 0.717) is 6.42 Å². The van der Waals surface area contributed by atoms with Crippen molar-refractivity contribution in [3.05, 3.63) is 46.5 Å². The van der Waals surface area contributed by atoms with E-state index >= 15 is 0 Å². The molecule has 0 spiro atoms. The zero-order valence-corrected chi connectivity index (χ0v) is 33.8. The van der Waals surface area contributed by atoms with Crippen molar-refractivity contribution in [2.45, 2.75) is 149 Å². The van der Waals surface area contributed by atoms with Crippen molar-refractivity contribution in [2.75, 3.05) is 6.61 Å². The van der Waals surface area contributed by atoms with Crippen LogP contribution in [-0.4, -0.2) is 74.3 Å². The lowest BCUT2D eigenvalue weighted by Gasteiger charge is -2.72. The van der Waals surface area contributed by atoms with Gasteiger partial charge in [0.25, 0.3) is 5.91 Å². The molecule has 1 saturated heterocycles. The molecule has 0 bridgehead atoms. The van der Waals surface area contributed by atoms with Gasteiger partial charge in [-0.15, -0.1) is 0 Å². The molecule has 12 heteroatoms. The Morgan fingerprint density at radius 1 is 0.893 bits per heavy atom. The van der Waals surface area contributed by atoms with E-state index in [-0.39, 0.29) is 45.5 Å². The summed E-state index contributed by atoms with van der Waals surface area (Å²) in [7, 11) is 0. The fourth-order valence-electron chi connectivity index (χ4n) is 14.9. The zero-order chi connectivity index (χ0) is 40.9. The molecular weight excluding hydrogens is 730 g/mol.